The second-order valence-electron chi connectivity index (χ2n) is 4.89. The third kappa shape index (κ3) is 2.93. The first-order valence-electron chi connectivity index (χ1n) is 6.57. The van der Waals surface area contributed by atoms with Crippen molar-refractivity contribution in [1.82, 2.24) is 4.98 Å². The van der Waals surface area contributed by atoms with Crippen LogP contribution in [0.15, 0.2) is 40.7 Å². The first-order chi connectivity index (χ1) is 10.5. The number of carbonyl (C=O) groups excluding carboxylic acids is 2. The third-order valence-corrected chi connectivity index (χ3v) is 6.23. The van der Waals surface area contributed by atoms with Gasteiger partial charge in [-0.25, -0.2) is 13.4 Å². The lowest BCUT2D eigenvalue weighted by molar-refractivity contribution is -0.112. The minimum atomic E-state index is -3.29. The van der Waals surface area contributed by atoms with Gasteiger partial charge in [-0.15, -0.1) is 11.3 Å². The number of Topliss-reactive ketones (excluding diaryl/α,β-unsaturated/α-hetero) is 1. The molecule has 114 valence electrons. The first-order valence-corrected chi connectivity index (χ1v) is 9.00. The fourth-order valence-electron chi connectivity index (χ4n) is 1.94. The van der Waals surface area contributed by atoms with Crippen LogP contribution in [0.3, 0.4) is 0 Å². The standard InChI is InChI=1S/C14H12N2O4S2/c17-12(13(18)16-14-15-7-8-21-14)9-1-3-10(4-2-9)22(19,20)11-5-6-11/h1-4,7-8,11H,5-6H2,(H,15,16,18). The number of carbonyl (C=O) groups is 2. The van der Waals surface area contributed by atoms with Gasteiger partial charge in [-0.3, -0.25) is 14.9 Å². The Bertz CT molecular complexity index is 807. The molecule has 3 rings (SSSR count). The molecule has 8 heteroatoms. The number of nitrogens with zero attached hydrogens (tertiary/aromatic N) is 1. The quantitative estimate of drug-likeness (QED) is 0.665. The molecule has 0 unspecified atom stereocenters. The molecule has 0 bridgehead atoms. The average Bonchev–Trinajstić information content (AvgIpc) is 3.26. The van der Waals surface area contributed by atoms with Crippen molar-refractivity contribution in [3.8, 4) is 0 Å². The molecule has 0 radical (unpaired) electrons. The van der Waals surface area contributed by atoms with E-state index in [0.29, 0.717) is 18.0 Å². The maximum Gasteiger partial charge on any atom is 0.298 e. The summed E-state index contributed by atoms with van der Waals surface area (Å²) in [6.45, 7) is 0. The number of aromatic nitrogens is 1. The van der Waals surface area contributed by atoms with E-state index < -0.39 is 21.5 Å². The highest BCUT2D eigenvalue weighted by Gasteiger charge is 2.36. The van der Waals surface area contributed by atoms with Gasteiger partial charge < -0.3 is 0 Å². The van der Waals surface area contributed by atoms with Gasteiger partial charge in [0.15, 0.2) is 15.0 Å². The Morgan fingerprint density at radius 3 is 2.41 bits per heavy atom. The SMILES string of the molecule is O=C(Nc1nccs1)C(=O)c1ccc(S(=O)(=O)C2CC2)cc1. The smallest absolute Gasteiger partial charge is 0.295 e. The van der Waals surface area contributed by atoms with Gasteiger partial charge >= 0.3 is 0 Å². The summed E-state index contributed by atoms with van der Waals surface area (Å²) in [4.78, 5) is 27.8. The highest BCUT2D eigenvalue weighted by molar-refractivity contribution is 7.92. The molecule has 0 spiro atoms. The van der Waals surface area contributed by atoms with Crippen molar-refractivity contribution in [1.29, 1.82) is 0 Å². The summed E-state index contributed by atoms with van der Waals surface area (Å²) in [5.74, 6) is -1.53. The van der Waals surface area contributed by atoms with Crippen LogP contribution >= 0.6 is 11.3 Å². The van der Waals surface area contributed by atoms with Crippen LogP contribution in [0.1, 0.15) is 23.2 Å². The molecule has 1 saturated carbocycles. The van der Waals surface area contributed by atoms with Crippen molar-refractivity contribution < 1.29 is 18.0 Å². The maximum atomic E-state index is 12.0. The van der Waals surface area contributed by atoms with Gasteiger partial charge in [0.05, 0.1) is 10.1 Å². The molecule has 1 N–H and O–H groups in total. The van der Waals surface area contributed by atoms with Crippen molar-refractivity contribution in [3.63, 3.8) is 0 Å². The molecule has 6 nitrogen and oxygen atoms in total. The number of hydrogen-bond acceptors (Lipinski definition) is 6. The molecule has 1 aliphatic rings. The van der Waals surface area contributed by atoms with Crippen LogP contribution in [0, 0.1) is 0 Å². The number of nitrogens with one attached hydrogen (secondary N) is 1. The van der Waals surface area contributed by atoms with E-state index in [1.165, 1.54) is 41.8 Å². The molecule has 0 atom stereocenters. The Kier molecular flexibility index (Phi) is 3.79. The molecule has 1 aromatic heterocycles. The number of hydrogen-bond donors (Lipinski definition) is 1. The zero-order valence-corrected chi connectivity index (χ0v) is 13.0. The lowest BCUT2D eigenvalue weighted by Crippen LogP contribution is -2.22. The number of sulfone groups is 1. The third-order valence-electron chi connectivity index (χ3n) is 3.27. The number of anilines is 1. The van der Waals surface area contributed by atoms with Gasteiger partial charge in [0, 0.05) is 17.1 Å². The molecule has 0 aliphatic heterocycles. The number of thiazole rings is 1. The normalized spacial score (nSPS) is 14.5. The Balaban J connectivity index is 1.75. The van der Waals surface area contributed by atoms with Crippen LogP contribution < -0.4 is 5.32 Å². The van der Waals surface area contributed by atoms with Crippen LogP contribution in [0.5, 0.6) is 0 Å². The van der Waals surface area contributed by atoms with E-state index in [9.17, 15) is 18.0 Å². The number of rotatable bonds is 5. The molecule has 1 fully saturated rings. The van der Waals surface area contributed by atoms with E-state index in [-0.39, 0.29) is 15.7 Å². The van der Waals surface area contributed by atoms with Crippen LogP contribution in [-0.4, -0.2) is 30.3 Å². The van der Waals surface area contributed by atoms with Gasteiger partial charge in [0.2, 0.25) is 0 Å². The second kappa shape index (κ2) is 5.62. The topological polar surface area (TPSA) is 93.2 Å². The van der Waals surface area contributed by atoms with Gasteiger partial charge in [0.1, 0.15) is 0 Å². The van der Waals surface area contributed by atoms with Crippen molar-refractivity contribution in [2.45, 2.75) is 23.0 Å². The van der Waals surface area contributed by atoms with E-state index in [0.717, 1.165) is 0 Å². The summed E-state index contributed by atoms with van der Waals surface area (Å²) in [5.41, 5.74) is 0.142. The lowest BCUT2D eigenvalue weighted by Gasteiger charge is -2.04. The van der Waals surface area contributed by atoms with Crippen LogP contribution in [0.25, 0.3) is 0 Å². The molecule has 2 aromatic rings. The fraction of sp³-hybridized carbons (Fsp3) is 0.214. The van der Waals surface area contributed by atoms with Crippen LogP contribution in [-0.2, 0) is 14.6 Å². The van der Waals surface area contributed by atoms with Crippen LogP contribution in [0.4, 0.5) is 5.13 Å². The van der Waals surface area contributed by atoms with E-state index in [2.05, 4.69) is 10.3 Å². The van der Waals surface area contributed by atoms with E-state index in [4.69, 9.17) is 0 Å². The van der Waals surface area contributed by atoms with E-state index in [1.54, 1.807) is 5.38 Å². The first kappa shape index (κ1) is 14.9. The number of benzene rings is 1. The van der Waals surface area contributed by atoms with Gasteiger partial charge in [-0.2, -0.15) is 0 Å². The highest BCUT2D eigenvalue weighted by atomic mass is 32.2. The molecule has 1 heterocycles. The van der Waals surface area contributed by atoms with Crippen molar-refractivity contribution in [3.05, 3.63) is 41.4 Å². The lowest BCUT2D eigenvalue weighted by atomic mass is 10.1. The predicted octanol–water partition coefficient (Wildman–Crippen LogP) is 1.90. The molecule has 0 saturated heterocycles. The Morgan fingerprint density at radius 1 is 1.18 bits per heavy atom. The summed E-state index contributed by atoms with van der Waals surface area (Å²) in [6.07, 6.45) is 2.88. The summed E-state index contributed by atoms with van der Waals surface area (Å²) < 4.78 is 24.1. The largest absolute Gasteiger partial charge is 0.298 e. The van der Waals surface area contributed by atoms with E-state index in [1.807, 2.05) is 0 Å². The highest BCUT2D eigenvalue weighted by Crippen LogP contribution is 2.33. The van der Waals surface area contributed by atoms with Gasteiger partial charge in [-0.1, -0.05) is 0 Å². The summed E-state index contributed by atoms with van der Waals surface area (Å²) in [7, 11) is -3.29. The van der Waals surface area contributed by atoms with Gasteiger partial charge in [0.25, 0.3) is 11.7 Å². The van der Waals surface area contributed by atoms with Gasteiger partial charge in [-0.05, 0) is 37.1 Å². The number of amides is 1. The number of ketones is 1. The molecule has 1 amide bonds. The zero-order chi connectivity index (χ0) is 15.7. The molecular weight excluding hydrogens is 324 g/mol. The molecular formula is C14H12N2O4S2. The minimum absolute atomic E-state index is 0.142. The predicted molar refractivity (Wildman–Crippen MR) is 81.7 cm³/mol. The summed E-state index contributed by atoms with van der Waals surface area (Å²) in [5, 5.41) is 4.11. The summed E-state index contributed by atoms with van der Waals surface area (Å²) in [6, 6.07) is 5.47. The minimum Gasteiger partial charge on any atom is -0.295 e. The Hall–Kier alpha value is -2.06. The van der Waals surface area contributed by atoms with Crippen molar-refractivity contribution in [2.75, 3.05) is 5.32 Å². The summed E-state index contributed by atoms with van der Waals surface area (Å²) >= 11 is 1.21. The average molecular weight is 336 g/mol. The van der Waals surface area contributed by atoms with Crippen molar-refractivity contribution >= 4 is 38.0 Å². The molecule has 22 heavy (non-hydrogen) atoms. The van der Waals surface area contributed by atoms with E-state index >= 15 is 0 Å². The second-order valence-corrected chi connectivity index (χ2v) is 8.01. The Morgan fingerprint density at radius 2 is 1.86 bits per heavy atom. The van der Waals surface area contributed by atoms with Crippen molar-refractivity contribution in [2.24, 2.45) is 0 Å². The monoisotopic (exact) mass is 336 g/mol. The maximum absolute atomic E-state index is 12.0. The Labute approximate surface area is 131 Å². The molecule has 1 aliphatic carbocycles. The molecule has 1 aromatic carbocycles. The fourth-order valence-corrected chi connectivity index (χ4v) is 4.12. The van der Waals surface area contributed by atoms with Crippen LogP contribution in [0.2, 0.25) is 0 Å². The zero-order valence-electron chi connectivity index (χ0n) is 11.4.